The number of hydrogen-bond acceptors (Lipinski definition) is 2. The average Bonchev–Trinajstić information content (AvgIpc) is 3.17. The quantitative estimate of drug-likeness (QED) is 0.329. The Bertz CT molecular complexity index is 1380. The summed E-state index contributed by atoms with van der Waals surface area (Å²) in [5, 5.41) is 20.5. The number of hydrogen-bond donors (Lipinski definition) is 1. The van der Waals surface area contributed by atoms with Gasteiger partial charge in [0, 0.05) is 30.1 Å². The minimum absolute atomic E-state index is 0.0664. The molecule has 0 radical (unpaired) electrons. The van der Waals surface area contributed by atoms with Crippen molar-refractivity contribution in [1.82, 2.24) is 4.57 Å². The monoisotopic (exact) mass is 464 g/mol. The lowest BCUT2D eigenvalue weighted by Gasteiger charge is -2.29. The maximum Gasteiger partial charge on any atom is 0.421 e. The van der Waals surface area contributed by atoms with Crippen LogP contribution in [0, 0.1) is 17.1 Å². The van der Waals surface area contributed by atoms with E-state index in [-0.39, 0.29) is 23.1 Å². The van der Waals surface area contributed by atoms with Crippen LogP contribution in [0.1, 0.15) is 28.7 Å². The van der Waals surface area contributed by atoms with E-state index in [1.165, 1.54) is 59.3 Å². The Morgan fingerprint density at radius 3 is 2.41 bits per heavy atom. The fraction of sp³-hybridized carbons (Fsp3) is 0.148. The van der Waals surface area contributed by atoms with Gasteiger partial charge in [0.2, 0.25) is 0 Å². The molecule has 0 saturated heterocycles. The highest BCUT2D eigenvalue weighted by molar-refractivity contribution is 5.86. The lowest BCUT2D eigenvalue weighted by Crippen LogP contribution is -2.41. The zero-order valence-electron chi connectivity index (χ0n) is 17.9. The van der Waals surface area contributed by atoms with Crippen molar-refractivity contribution < 1.29 is 22.7 Å². The molecule has 0 bridgehead atoms. The summed E-state index contributed by atoms with van der Waals surface area (Å²) in [4.78, 5) is 0. The molecule has 34 heavy (non-hydrogen) atoms. The standard InChI is InChI=1S/C27H20F4N2O/c28-22-10-4-8-21(14-22)17-33-18-24(23-12-11-20(16-32)15-25(23)33)26(34,27(29,30)31)13-5-9-19-6-2-1-3-7-19/h1-12,14-15,18,34H,13,17H2/b9-5+. The van der Waals surface area contributed by atoms with E-state index in [0.717, 1.165) is 0 Å². The molecular formula is C27H20F4N2O. The fourth-order valence-corrected chi connectivity index (χ4v) is 3.96. The van der Waals surface area contributed by atoms with E-state index in [9.17, 15) is 27.9 Å². The topological polar surface area (TPSA) is 48.9 Å². The number of rotatable bonds is 6. The third-order valence-corrected chi connectivity index (χ3v) is 5.69. The van der Waals surface area contributed by atoms with Crippen LogP contribution in [0.15, 0.2) is 85.1 Å². The van der Waals surface area contributed by atoms with Crippen molar-refractivity contribution in [1.29, 1.82) is 5.26 Å². The highest BCUT2D eigenvalue weighted by Gasteiger charge is 2.55. The van der Waals surface area contributed by atoms with Crippen LogP contribution in [0.3, 0.4) is 0 Å². The summed E-state index contributed by atoms with van der Waals surface area (Å²) in [5.74, 6) is -0.468. The summed E-state index contributed by atoms with van der Waals surface area (Å²) in [6.45, 7) is 0.0664. The van der Waals surface area contributed by atoms with Gasteiger partial charge in [-0.15, -0.1) is 0 Å². The summed E-state index contributed by atoms with van der Waals surface area (Å²) < 4.78 is 58.0. The van der Waals surface area contributed by atoms with Gasteiger partial charge in [0.1, 0.15) is 5.82 Å². The third-order valence-electron chi connectivity index (χ3n) is 5.69. The van der Waals surface area contributed by atoms with Crippen LogP contribution in [0.25, 0.3) is 17.0 Å². The lowest BCUT2D eigenvalue weighted by molar-refractivity contribution is -0.264. The molecule has 0 saturated carbocycles. The highest BCUT2D eigenvalue weighted by Crippen LogP contribution is 2.45. The molecule has 7 heteroatoms. The predicted molar refractivity (Wildman–Crippen MR) is 122 cm³/mol. The van der Waals surface area contributed by atoms with Crippen molar-refractivity contribution in [3.63, 3.8) is 0 Å². The van der Waals surface area contributed by atoms with Crippen molar-refractivity contribution in [3.05, 3.63) is 113 Å². The number of fused-ring (bicyclic) bond motifs is 1. The molecule has 1 aromatic heterocycles. The first-order valence-electron chi connectivity index (χ1n) is 10.5. The second-order valence-electron chi connectivity index (χ2n) is 8.02. The molecule has 1 heterocycles. The number of aliphatic hydroxyl groups is 1. The van der Waals surface area contributed by atoms with E-state index in [1.807, 2.05) is 6.07 Å². The lowest BCUT2D eigenvalue weighted by atomic mass is 9.88. The summed E-state index contributed by atoms with van der Waals surface area (Å²) in [6.07, 6.45) is -1.62. The number of benzene rings is 3. The van der Waals surface area contributed by atoms with Crippen LogP contribution in [-0.4, -0.2) is 15.8 Å². The Morgan fingerprint density at radius 1 is 0.971 bits per heavy atom. The molecule has 1 unspecified atom stereocenters. The second-order valence-corrected chi connectivity index (χ2v) is 8.02. The molecule has 3 aromatic carbocycles. The molecule has 0 aliphatic heterocycles. The molecule has 3 nitrogen and oxygen atoms in total. The van der Waals surface area contributed by atoms with Gasteiger partial charge in [-0.2, -0.15) is 18.4 Å². The molecule has 4 rings (SSSR count). The zero-order valence-corrected chi connectivity index (χ0v) is 17.9. The summed E-state index contributed by atoms with van der Waals surface area (Å²) in [6, 6.07) is 20.8. The van der Waals surface area contributed by atoms with E-state index < -0.39 is 24.0 Å². The molecule has 172 valence electrons. The molecule has 0 amide bonds. The van der Waals surface area contributed by atoms with Crippen LogP contribution >= 0.6 is 0 Å². The largest absolute Gasteiger partial charge is 0.421 e. The predicted octanol–water partition coefficient (Wildman–Crippen LogP) is 6.55. The Morgan fingerprint density at radius 2 is 1.74 bits per heavy atom. The van der Waals surface area contributed by atoms with Crippen molar-refractivity contribution >= 4 is 17.0 Å². The molecular weight excluding hydrogens is 444 g/mol. The second kappa shape index (κ2) is 9.16. The van der Waals surface area contributed by atoms with Crippen LogP contribution < -0.4 is 0 Å². The Balaban J connectivity index is 1.82. The van der Waals surface area contributed by atoms with E-state index >= 15 is 0 Å². The number of aromatic nitrogens is 1. The minimum Gasteiger partial charge on any atom is -0.376 e. The third kappa shape index (κ3) is 4.59. The molecule has 4 aromatic rings. The Kier molecular flexibility index (Phi) is 6.27. The van der Waals surface area contributed by atoms with Crippen LogP contribution in [0.4, 0.5) is 17.6 Å². The first-order chi connectivity index (χ1) is 16.2. The van der Waals surface area contributed by atoms with Crippen LogP contribution in [0.2, 0.25) is 0 Å². The Labute approximate surface area is 193 Å². The van der Waals surface area contributed by atoms with E-state index in [2.05, 4.69) is 0 Å². The SMILES string of the molecule is N#Cc1ccc2c(C(O)(C/C=C/c3ccccc3)C(F)(F)F)cn(Cc3cccc(F)c3)c2c1. The minimum atomic E-state index is -4.97. The van der Waals surface area contributed by atoms with E-state index in [4.69, 9.17) is 0 Å². The summed E-state index contributed by atoms with van der Waals surface area (Å²) >= 11 is 0. The van der Waals surface area contributed by atoms with Gasteiger partial charge in [-0.1, -0.05) is 60.7 Å². The highest BCUT2D eigenvalue weighted by atomic mass is 19.4. The first kappa shape index (κ1) is 23.3. The van der Waals surface area contributed by atoms with Gasteiger partial charge in [-0.3, -0.25) is 0 Å². The number of alkyl halides is 3. The van der Waals surface area contributed by atoms with Gasteiger partial charge in [0.15, 0.2) is 5.60 Å². The molecule has 0 aliphatic rings. The van der Waals surface area contributed by atoms with Gasteiger partial charge < -0.3 is 9.67 Å². The van der Waals surface area contributed by atoms with E-state index in [0.29, 0.717) is 16.6 Å². The molecule has 0 aliphatic carbocycles. The number of nitrogens with zero attached hydrogens (tertiary/aromatic N) is 2. The Hall–Kier alpha value is -3.89. The zero-order chi connectivity index (χ0) is 24.3. The fourth-order valence-electron chi connectivity index (χ4n) is 3.96. The van der Waals surface area contributed by atoms with Gasteiger partial charge in [0.25, 0.3) is 0 Å². The van der Waals surface area contributed by atoms with Gasteiger partial charge >= 0.3 is 6.18 Å². The number of nitriles is 1. The molecule has 1 N–H and O–H groups in total. The first-order valence-corrected chi connectivity index (χ1v) is 10.5. The maximum absolute atomic E-state index is 14.3. The van der Waals surface area contributed by atoms with Crippen molar-refractivity contribution in [2.24, 2.45) is 0 Å². The van der Waals surface area contributed by atoms with E-state index in [1.54, 1.807) is 36.4 Å². The van der Waals surface area contributed by atoms with Gasteiger partial charge in [0.05, 0.1) is 17.1 Å². The number of halogens is 4. The maximum atomic E-state index is 14.3. The summed E-state index contributed by atoms with van der Waals surface area (Å²) in [5.41, 5.74) is -1.65. The van der Waals surface area contributed by atoms with Gasteiger partial charge in [-0.05, 0) is 35.4 Å². The van der Waals surface area contributed by atoms with Crippen LogP contribution in [-0.2, 0) is 12.1 Å². The normalized spacial score (nSPS) is 13.8. The molecule has 1 atom stereocenters. The van der Waals surface area contributed by atoms with Crippen molar-refractivity contribution in [2.45, 2.75) is 24.7 Å². The van der Waals surface area contributed by atoms with Crippen molar-refractivity contribution in [3.8, 4) is 6.07 Å². The van der Waals surface area contributed by atoms with Crippen molar-refractivity contribution in [2.75, 3.05) is 0 Å². The van der Waals surface area contributed by atoms with Gasteiger partial charge in [-0.25, -0.2) is 4.39 Å². The summed E-state index contributed by atoms with van der Waals surface area (Å²) in [7, 11) is 0. The molecule has 0 spiro atoms. The smallest absolute Gasteiger partial charge is 0.376 e. The van der Waals surface area contributed by atoms with Crippen LogP contribution in [0.5, 0.6) is 0 Å². The molecule has 0 fully saturated rings. The average molecular weight is 464 g/mol.